The van der Waals surface area contributed by atoms with E-state index in [1.54, 1.807) is 0 Å². The Morgan fingerprint density at radius 2 is 1.68 bits per heavy atom. The van der Waals surface area contributed by atoms with E-state index in [4.69, 9.17) is 5.11 Å². The third kappa shape index (κ3) is 4.31. The highest BCUT2D eigenvalue weighted by atomic mass is 19.1. The summed E-state index contributed by atoms with van der Waals surface area (Å²) in [5.41, 5.74) is -0.601. The molecule has 0 heterocycles. The van der Waals surface area contributed by atoms with E-state index in [1.165, 1.54) is 7.11 Å². The summed E-state index contributed by atoms with van der Waals surface area (Å²) in [5.74, 6) is -3.59. The smallest absolute Gasteiger partial charge is 0.303 e. The first-order valence-corrected chi connectivity index (χ1v) is 5.73. The van der Waals surface area contributed by atoms with Gasteiger partial charge in [0, 0.05) is 25.0 Å². The van der Waals surface area contributed by atoms with Crippen LogP contribution in [0, 0.1) is 11.6 Å². The number of methoxy groups -OCH3 is 1. The Morgan fingerprint density at radius 3 is 2.16 bits per heavy atom. The van der Waals surface area contributed by atoms with Crippen molar-refractivity contribution in [1.82, 2.24) is 0 Å². The molecule has 0 aliphatic heterocycles. The number of hydrogen-bond donors (Lipinski definition) is 1. The second-order valence-electron chi connectivity index (χ2n) is 3.99. The Balaban J connectivity index is 2.69. The quantitative estimate of drug-likeness (QED) is 0.612. The molecule has 6 heteroatoms. The molecule has 0 fully saturated rings. The number of carboxylic acids is 1. The highest BCUT2D eigenvalue weighted by molar-refractivity contribution is 5.96. The molecular formula is C13H14F2O4. The van der Waals surface area contributed by atoms with Crippen LogP contribution < -0.4 is 4.74 Å². The zero-order valence-corrected chi connectivity index (χ0v) is 10.4. The zero-order valence-electron chi connectivity index (χ0n) is 10.4. The summed E-state index contributed by atoms with van der Waals surface area (Å²) in [6, 6.07) is 1.88. The van der Waals surface area contributed by atoms with Gasteiger partial charge < -0.3 is 9.84 Å². The van der Waals surface area contributed by atoms with E-state index in [2.05, 4.69) is 4.74 Å². The largest absolute Gasteiger partial charge is 0.497 e. The first kappa shape index (κ1) is 15.1. The van der Waals surface area contributed by atoms with E-state index in [0.717, 1.165) is 12.1 Å². The fraction of sp³-hybridized carbons (Fsp3) is 0.385. The second kappa shape index (κ2) is 6.82. The lowest BCUT2D eigenvalue weighted by atomic mass is 10.0. The Labute approximate surface area is 109 Å². The van der Waals surface area contributed by atoms with E-state index < -0.39 is 29.0 Å². The summed E-state index contributed by atoms with van der Waals surface area (Å²) >= 11 is 0. The van der Waals surface area contributed by atoms with Gasteiger partial charge in [-0.15, -0.1) is 0 Å². The molecule has 0 radical (unpaired) electrons. The minimum atomic E-state index is -0.972. The van der Waals surface area contributed by atoms with Gasteiger partial charge in [-0.2, -0.15) is 0 Å². The van der Waals surface area contributed by atoms with Crippen LogP contribution in [0.5, 0.6) is 5.75 Å². The van der Waals surface area contributed by atoms with Crippen molar-refractivity contribution in [3.8, 4) is 5.75 Å². The average molecular weight is 272 g/mol. The minimum absolute atomic E-state index is 0.00238. The number of rotatable bonds is 7. The van der Waals surface area contributed by atoms with Gasteiger partial charge in [0.05, 0.1) is 12.7 Å². The second-order valence-corrected chi connectivity index (χ2v) is 3.99. The number of unbranched alkanes of at least 4 members (excludes halogenated alkanes) is 1. The van der Waals surface area contributed by atoms with Gasteiger partial charge in [0.2, 0.25) is 0 Å². The Kier molecular flexibility index (Phi) is 5.41. The lowest BCUT2D eigenvalue weighted by molar-refractivity contribution is -0.137. The predicted octanol–water partition coefficient (Wildman–Crippen LogP) is 2.80. The fourth-order valence-corrected chi connectivity index (χ4v) is 1.62. The molecule has 4 nitrogen and oxygen atoms in total. The van der Waals surface area contributed by atoms with Gasteiger partial charge in [-0.1, -0.05) is 0 Å². The molecule has 0 bridgehead atoms. The van der Waals surface area contributed by atoms with E-state index >= 15 is 0 Å². The van der Waals surface area contributed by atoms with E-state index in [1.807, 2.05) is 0 Å². The summed E-state index contributed by atoms with van der Waals surface area (Å²) < 4.78 is 31.8. The van der Waals surface area contributed by atoms with Crippen LogP contribution in [-0.4, -0.2) is 24.0 Å². The molecule has 0 aromatic heterocycles. The molecule has 0 amide bonds. The van der Waals surface area contributed by atoms with Crippen LogP contribution in [0.2, 0.25) is 0 Å². The molecule has 1 rings (SSSR count). The van der Waals surface area contributed by atoms with Crippen molar-refractivity contribution in [2.24, 2.45) is 0 Å². The molecular weight excluding hydrogens is 258 g/mol. The molecule has 0 unspecified atom stereocenters. The van der Waals surface area contributed by atoms with Crippen LogP contribution in [0.1, 0.15) is 36.0 Å². The van der Waals surface area contributed by atoms with Crippen LogP contribution in [0.25, 0.3) is 0 Å². The normalized spacial score (nSPS) is 10.3. The molecule has 0 spiro atoms. The number of halogens is 2. The Morgan fingerprint density at radius 1 is 1.16 bits per heavy atom. The lowest BCUT2D eigenvalue weighted by Crippen LogP contribution is -2.07. The number of aliphatic carboxylic acids is 1. The van der Waals surface area contributed by atoms with Gasteiger partial charge >= 0.3 is 5.97 Å². The van der Waals surface area contributed by atoms with Gasteiger partial charge in [0.15, 0.2) is 5.78 Å². The highest BCUT2D eigenvalue weighted by Crippen LogP contribution is 2.22. The average Bonchev–Trinajstić information content (AvgIpc) is 2.33. The fourth-order valence-electron chi connectivity index (χ4n) is 1.62. The van der Waals surface area contributed by atoms with Crippen molar-refractivity contribution in [1.29, 1.82) is 0 Å². The summed E-state index contributed by atoms with van der Waals surface area (Å²) in [6.45, 7) is 0. The topological polar surface area (TPSA) is 63.6 Å². The first-order chi connectivity index (χ1) is 8.95. The minimum Gasteiger partial charge on any atom is -0.497 e. The first-order valence-electron chi connectivity index (χ1n) is 5.73. The van der Waals surface area contributed by atoms with E-state index in [0.29, 0.717) is 6.42 Å². The number of benzene rings is 1. The van der Waals surface area contributed by atoms with Crippen LogP contribution in [0.4, 0.5) is 8.78 Å². The van der Waals surface area contributed by atoms with Crippen LogP contribution in [0.15, 0.2) is 12.1 Å². The molecule has 104 valence electrons. The van der Waals surface area contributed by atoms with Crippen LogP contribution in [-0.2, 0) is 4.79 Å². The van der Waals surface area contributed by atoms with Crippen molar-refractivity contribution in [2.45, 2.75) is 25.7 Å². The summed E-state index contributed by atoms with van der Waals surface area (Å²) in [6.07, 6.45) is 0.408. The molecule has 0 saturated carbocycles. The van der Waals surface area contributed by atoms with Crippen molar-refractivity contribution in [3.63, 3.8) is 0 Å². The molecule has 1 N–H and O–H groups in total. The van der Waals surface area contributed by atoms with Crippen molar-refractivity contribution in [3.05, 3.63) is 29.3 Å². The van der Waals surface area contributed by atoms with E-state index in [9.17, 15) is 18.4 Å². The number of ketones is 1. The molecule has 0 aliphatic rings. The molecule has 1 aromatic carbocycles. The van der Waals surface area contributed by atoms with Crippen molar-refractivity contribution < 1.29 is 28.2 Å². The number of ether oxygens (including phenoxy) is 1. The molecule has 19 heavy (non-hydrogen) atoms. The van der Waals surface area contributed by atoms with Crippen LogP contribution in [0.3, 0.4) is 0 Å². The zero-order chi connectivity index (χ0) is 14.4. The Hall–Kier alpha value is -1.98. The number of hydrogen-bond acceptors (Lipinski definition) is 3. The maximum Gasteiger partial charge on any atom is 0.303 e. The van der Waals surface area contributed by atoms with Gasteiger partial charge in [0.1, 0.15) is 17.4 Å². The summed E-state index contributed by atoms with van der Waals surface area (Å²) in [4.78, 5) is 21.9. The monoisotopic (exact) mass is 272 g/mol. The molecule has 1 aromatic rings. The molecule has 0 atom stereocenters. The van der Waals surface area contributed by atoms with Gasteiger partial charge in [-0.05, 0) is 12.8 Å². The number of carbonyl (C=O) groups excluding carboxylic acids is 1. The number of carbonyl (C=O) groups is 2. The standard InChI is InChI=1S/C13H14F2O4/c1-19-8-6-9(14)13(10(15)7-8)11(16)4-2-3-5-12(17)18/h6-7H,2-5H2,1H3,(H,17,18). The lowest BCUT2D eigenvalue weighted by Gasteiger charge is -2.06. The molecule has 0 saturated heterocycles. The predicted molar refractivity (Wildman–Crippen MR) is 63.3 cm³/mol. The van der Waals surface area contributed by atoms with Gasteiger partial charge in [-0.25, -0.2) is 8.78 Å². The maximum atomic E-state index is 13.6. The number of carboxylic acid groups (broad SMARTS) is 1. The number of Topliss-reactive ketones (excluding diaryl/α,β-unsaturated/α-hetero) is 1. The summed E-state index contributed by atoms with van der Waals surface area (Å²) in [7, 11) is 1.27. The highest BCUT2D eigenvalue weighted by Gasteiger charge is 2.18. The third-order valence-corrected chi connectivity index (χ3v) is 2.57. The maximum absolute atomic E-state index is 13.6. The van der Waals surface area contributed by atoms with Crippen molar-refractivity contribution in [2.75, 3.05) is 7.11 Å². The third-order valence-electron chi connectivity index (χ3n) is 2.57. The van der Waals surface area contributed by atoms with Gasteiger partial charge in [0.25, 0.3) is 0 Å². The van der Waals surface area contributed by atoms with Crippen molar-refractivity contribution >= 4 is 11.8 Å². The Bertz CT molecular complexity index is 463. The molecule has 0 aliphatic carbocycles. The summed E-state index contributed by atoms with van der Waals surface area (Å²) in [5, 5.41) is 8.42. The SMILES string of the molecule is COc1cc(F)c(C(=O)CCCCC(=O)O)c(F)c1. The van der Waals surface area contributed by atoms with Gasteiger partial charge in [-0.3, -0.25) is 9.59 Å². The van der Waals surface area contributed by atoms with E-state index in [-0.39, 0.29) is 25.0 Å². The van der Waals surface area contributed by atoms with Crippen LogP contribution >= 0.6 is 0 Å².